The summed E-state index contributed by atoms with van der Waals surface area (Å²) >= 11 is 0. The summed E-state index contributed by atoms with van der Waals surface area (Å²) in [5, 5.41) is 77.7. The van der Waals surface area contributed by atoms with Gasteiger partial charge < -0.3 is 55.7 Å². The van der Waals surface area contributed by atoms with Crippen LogP contribution in [0, 0.1) is 0 Å². The van der Waals surface area contributed by atoms with E-state index in [0.29, 0.717) is 0 Å². The molecule has 17 heteroatoms. The van der Waals surface area contributed by atoms with Gasteiger partial charge in [0.2, 0.25) is 0 Å². The fourth-order valence-corrected chi connectivity index (χ4v) is 2.05. The first-order valence-electron chi connectivity index (χ1n) is 7.40. The van der Waals surface area contributed by atoms with E-state index in [-0.39, 0.29) is 37.7 Å². The quantitative estimate of drug-likeness (QED) is 0.131. The molecular weight excluding hydrogens is 455 g/mol. The molecule has 0 aliphatic heterocycles. The number of carboxylic acid groups (broad SMARTS) is 2. The molecule has 2 unspecified atom stereocenters. The van der Waals surface area contributed by atoms with Gasteiger partial charge in [0.1, 0.15) is 48.8 Å². The van der Waals surface area contributed by atoms with Crippen LogP contribution < -0.4 is 0 Å². The van der Waals surface area contributed by atoms with Crippen molar-refractivity contribution in [2.75, 3.05) is 0 Å². The standard InChI is InChI=1S/C6H13O9P.2C3H6O3.Ca.2H/c7-1-2(8)4(10)6(5(11)3(1)9)15-16(12,13)14;2*1-2(4)3(5)6;;;/h1-11H,(H2,12,13,14);2*2,4H,1H3,(H,5,6);;;/t1-,2-,3+,4-,5-,6-;;;;;/m0...../s1. The molecule has 1 fully saturated rings. The fourth-order valence-electron chi connectivity index (χ4n) is 1.48. The topological polar surface area (TPSA) is 283 Å². The van der Waals surface area contributed by atoms with Crippen LogP contribution >= 0.6 is 7.82 Å². The number of hydrogen-bond donors (Lipinski definition) is 11. The van der Waals surface area contributed by atoms with Crippen LogP contribution in [0.15, 0.2) is 0 Å². The molecular formula is C12H27CaO15P. The maximum absolute atomic E-state index is 10.5. The number of carbonyl (C=O) groups is 2. The molecule has 0 radical (unpaired) electrons. The van der Waals surface area contributed by atoms with Crippen molar-refractivity contribution >= 4 is 57.5 Å². The molecule has 0 saturated heterocycles. The van der Waals surface area contributed by atoms with E-state index < -0.39 is 68.6 Å². The van der Waals surface area contributed by atoms with Crippen LogP contribution in [-0.4, -0.2) is 154 Å². The van der Waals surface area contributed by atoms with Crippen molar-refractivity contribution < 1.29 is 74.4 Å². The van der Waals surface area contributed by atoms with E-state index >= 15 is 0 Å². The molecule has 29 heavy (non-hydrogen) atoms. The molecule has 1 saturated carbocycles. The first-order valence-corrected chi connectivity index (χ1v) is 8.93. The fraction of sp³-hybridized carbons (Fsp3) is 0.833. The number of hydrogen-bond acceptors (Lipinski definition) is 11. The summed E-state index contributed by atoms with van der Waals surface area (Å²) in [6.07, 6.45) is -13.8. The molecule has 0 heterocycles. The van der Waals surface area contributed by atoms with Crippen molar-refractivity contribution in [3.8, 4) is 0 Å². The number of aliphatic carboxylic acids is 2. The Kier molecular flexibility index (Phi) is 17.3. The third-order valence-corrected chi connectivity index (χ3v) is 3.56. The predicted octanol–water partition coefficient (Wildman–Crippen LogP) is -5.73. The Morgan fingerprint density at radius 1 is 0.759 bits per heavy atom. The van der Waals surface area contributed by atoms with Gasteiger partial charge in [-0.3, -0.25) is 4.52 Å². The number of rotatable bonds is 4. The van der Waals surface area contributed by atoms with Crippen molar-refractivity contribution in [3.63, 3.8) is 0 Å². The van der Waals surface area contributed by atoms with Gasteiger partial charge in [0.05, 0.1) is 0 Å². The number of phosphoric acid groups is 1. The third-order valence-electron chi connectivity index (χ3n) is 3.05. The minimum atomic E-state index is -5.01. The average Bonchev–Trinajstić information content (AvgIpc) is 2.55. The zero-order valence-corrected chi connectivity index (χ0v) is 15.5. The van der Waals surface area contributed by atoms with E-state index in [2.05, 4.69) is 4.52 Å². The zero-order chi connectivity index (χ0) is 23.0. The summed E-state index contributed by atoms with van der Waals surface area (Å²) < 4.78 is 14.5. The summed E-state index contributed by atoms with van der Waals surface area (Å²) in [5.74, 6) is -2.37. The average molecular weight is 482 g/mol. The molecule has 11 N–H and O–H groups in total. The van der Waals surface area contributed by atoms with Gasteiger partial charge in [-0.15, -0.1) is 0 Å². The minimum absolute atomic E-state index is 0. The van der Waals surface area contributed by atoms with E-state index in [1.165, 1.54) is 13.8 Å². The van der Waals surface area contributed by atoms with Gasteiger partial charge in [0.15, 0.2) is 0 Å². The second kappa shape index (κ2) is 14.9. The van der Waals surface area contributed by atoms with Crippen LogP contribution in [0.25, 0.3) is 0 Å². The molecule has 0 aromatic carbocycles. The molecule has 0 aromatic heterocycles. The molecule has 15 nitrogen and oxygen atoms in total. The molecule has 0 aromatic rings. The Labute approximate surface area is 194 Å². The van der Waals surface area contributed by atoms with E-state index in [9.17, 15) is 34.6 Å². The van der Waals surface area contributed by atoms with Gasteiger partial charge in [0, 0.05) is 0 Å². The molecule has 0 amide bonds. The molecule has 1 aliphatic rings. The summed E-state index contributed by atoms with van der Waals surface area (Å²) in [6.45, 7) is 2.39. The summed E-state index contributed by atoms with van der Waals surface area (Å²) in [6, 6.07) is 0. The normalized spacial score (nSPS) is 30.9. The number of aliphatic hydroxyl groups excluding tert-OH is 7. The molecule has 172 valence electrons. The van der Waals surface area contributed by atoms with Crippen molar-refractivity contribution in [1.29, 1.82) is 0 Å². The third kappa shape index (κ3) is 13.9. The van der Waals surface area contributed by atoms with Crippen LogP contribution in [0.4, 0.5) is 0 Å². The van der Waals surface area contributed by atoms with E-state index in [4.69, 9.17) is 35.3 Å². The first kappa shape index (κ1) is 33.7. The summed E-state index contributed by atoms with van der Waals surface area (Å²) in [7, 11) is -5.01. The van der Waals surface area contributed by atoms with E-state index in [0.717, 1.165) is 0 Å². The molecule has 1 aliphatic carbocycles. The molecule has 0 bridgehead atoms. The van der Waals surface area contributed by atoms with Gasteiger partial charge in [-0.2, -0.15) is 0 Å². The van der Waals surface area contributed by atoms with E-state index in [1.807, 2.05) is 0 Å². The first-order chi connectivity index (χ1) is 12.4. The second-order valence-corrected chi connectivity index (χ2v) is 6.73. The monoisotopic (exact) mass is 482 g/mol. The van der Waals surface area contributed by atoms with Crippen molar-refractivity contribution in [1.82, 2.24) is 0 Å². The summed E-state index contributed by atoms with van der Waals surface area (Å²) in [4.78, 5) is 35.9. The van der Waals surface area contributed by atoms with Crippen LogP contribution in [0.2, 0.25) is 0 Å². The predicted molar refractivity (Wildman–Crippen MR) is 94.1 cm³/mol. The Balaban J connectivity index is -0.000000433. The van der Waals surface area contributed by atoms with Crippen molar-refractivity contribution in [2.45, 2.75) is 62.7 Å². The Hall–Kier alpha value is 0.0297. The Morgan fingerprint density at radius 2 is 0.966 bits per heavy atom. The number of carboxylic acids is 2. The number of aliphatic hydroxyl groups is 7. The molecule has 1 rings (SSSR count). The van der Waals surface area contributed by atoms with Crippen molar-refractivity contribution in [2.24, 2.45) is 0 Å². The van der Waals surface area contributed by atoms with Gasteiger partial charge >= 0.3 is 57.5 Å². The van der Waals surface area contributed by atoms with Crippen LogP contribution in [0.3, 0.4) is 0 Å². The second-order valence-electron chi connectivity index (χ2n) is 5.54. The molecule has 0 spiro atoms. The van der Waals surface area contributed by atoms with Gasteiger partial charge in [-0.1, -0.05) is 0 Å². The van der Waals surface area contributed by atoms with Gasteiger partial charge in [-0.25, -0.2) is 14.2 Å². The Morgan fingerprint density at radius 3 is 1.14 bits per heavy atom. The van der Waals surface area contributed by atoms with Crippen LogP contribution in [0.1, 0.15) is 13.8 Å². The Bertz CT molecular complexity index is 503. The summed E-state index contributed by atoms with van der Waals surface area (Å²) in [5.41, 5.74) is 0. The number of phosphoric ester groups is 1. The van der Waals surface area contributed by atoms with Gasteiger partial charge in [0.25, 0.3) is 0 Å². The van der Waals surface area contributed by atoms with E-state index in [1.54, 1.807) is 0 Å². The van der Waals surface area contributed by atoms with Gasteiger partial charge in [-0.05, 0) is 13.8 Å². The van der Waals surface area contributed by atoms with Crippen LogP contribution in [0.5, 0.6) is 0 Å². The van der Waals surface area contributed by atoms with Crippen LogP contribution in [-0.2, 0) is 18.7 Å². The SMILES string of the molecule is CC(O)C(=O)O.CC(O)C(=O)O.O=P(O)(O)O[C@@H]1[C@@H](O)[C@H](O)[C@@H](O)[C@H](O)[C@@H]1O.[CaH2]. The zero-order valence-electron chi connectivity index (χ0n) is 14.6. The van der Waals surface area contributed by atoms with Crippen molar-refractivity contribution in [3.05, 3.63) is 0 Å². The molecule has 8 atom stereocenters. The maximum atomic E-state index is 10.5.